The number of sulfonamides is 1. The fraction of sp³-hybridized carbons (Fsp3) is 0.286. The van der Waals surface area contributed by atoms with E-state index >= 15 is 0 Å². The number of esters is 1. The molecule has 0 saturated heterocycles. The summed E-state index contributed by atoms with van der Waals surface area (Å²) in [5.74, 6) is 0.0274. The van der Waals surface area contributed by atoms with E-state index in [9.17, 15) is 13.2 Å². The number of aromatic amines is 1. The topological polar surface area (TPSA) is 110 Å². The molecule has 9 heteroatoms. The Labute approximate surface area is 133 Å². The van der Waals surface area contributed by atoms with Crippen molar-refractivity contribution in [3.8, 4) is 5.75 Å². The summed E-state index contributed by atoms with van der Waals surface area (Å²) in [5.41, 5.74) is 0.743. The number of H-pyrrole nitrogens is 1. The predicted molar refractivity (Wildman–Crippen MR) is 81.6 cm³/mol. The molecule has 124 valence electrons. The molecule has 0 aliphatic carbocycles. The molecule has 0 bridgehead atoms. The number of methoxy groups -OCH3 is 1. The lowest BCUT2D eigenvalue weighted by molar-refractivity contribution is 0.0519. The highest BCUT2D eigenvalue weighted by molar-refractivity contribution is 7.89. The van der Waals surface area contributed by atoms with Gasteiger partial charge in [0.1, 0.15) is 11.4 Å². The molecule has 1 aromatic heterocycles. The molecule has 0 atom stereocenters. The van der Waals surface area contributed by atoms with E-state index in [4.69, 9.17) is 9.47 Å². The number of carbonyl (C=O) groups excluding carboxylic acids is 1. The fourth-order valence-electron chi connectivity index (χ4n) is 1.75. The Balaban J connectivity index is 2.05. The van der Waals surface area contributed by atoms with Gasteiger partial charge in [-0.2, -0.15) is 5.10 Å². The average Bonchev–Trinajstić information content (AvgIpc) is 3.05. The van der Waals surface area contributed by atoms with Crippen molar-refractivity contribution >= 4 is 16.0 Å². The molecule has 0 radical (unpaired) electrons. The number of nitrogens with one attached hydrogen (secondary N) is 2. The summed E-state index contributed by atoms with van der Waals surface area (Å²) in [4.78, 5) is 11.5. The largest absolute Gasteiger partial charge is 0.497 e. The lowest BCUT2D eigenvalue weighted by Gasteiger charge is -2.05. The van der Waals surface area contributed by atoms with Crippen LogP contribution < -0.4 is 9.46 Å². The number of rotatable bonds is 7. The van der Waals surface area contributed by atoms with Gasteiger partial charge in [-0.05, 0) is 24.6 Å². The van der Waals surface area contributed by atoms with Crippen LogP contribution in [0.5, 0.6) is 5.75 Å². The van der Waals surface area contributed by atoms with Crippen molar-refractivity contribution in [3.05, 3.63) is 41.6 Å². The molecule has 0 saturated carbocycles. The number of benzene rings is 1. The van der Waals surface area contributed by atoms with Gasteiger partial charge in [0.25, 0.3) is 10.0 Å². The van der Waals surface area contributed by atoms with Crippen molar-refractivity contribution in [2.45, 2.75) is 18.5 Å². The lowest BCUT2D eigenvalue weighted by Crippen LogP contribution is -2.23. The molecule has 0 unspecified atom stereocenters. The summed E-state index contributed by atoms with van der Waals surface area (Å²) in [7, 11) is -2.28. The maximum Gasteiger partial charge on any atom is 0.356 e. The Morgan fingerprint density at radius 3 is 2.61 bits per heavy atom. The molecular weight excluding hydrogens is 322 g/mol. The van der Waals surface area contributed by atoms with Crippen LogP contribution in [0.3, 0.4) is 0 Å². The highest BCUT2D eigenvalue weighted by Crippen LogP contribution is 2.13. The van der Waals surface area contributed by atoms with E-state index in [1.54, 1.807) is 38.3 Å². The van der Waals surface area contributed by atoms with Gasteiger partial charge in [0, 0.05) is 12.6 Å². The molecule has 0 amide bonds. The highest BCUT2D eigenvalue weighted by Gasteiger charge is 2.20. The van der Waals surface area contributed by atoms with Gasteiger partial charge in [-0.1, -0.05) is 12.1 Å². The van der Waals surface area contributed by atoms with Gasteiger partial charge < -0.3 is 9.47 Å². The number of hydrogen-bond acceptors (Lipinski definition) is 6. The van der Waals surface area contributed by atoms with Crippen LogP contribution in [0.1, 0.15) is 23.0 Å². The molecular formula is C14H17N3O5S. The van der Waals surface area contributed by atoms with Crippen molar-refractivity contribution < 1.29 is 22.7 Å². The van der Waals surface area contributed by atoms with Crippen LogP contribution in [0.25, 0.3) is 0 Å². The highest BCUT2D eigenvalue weighted by atomic mass is 32.2. The van der Waals surface area contributed by atoms with E-state index in [-0.39, 0.29) is 23.9 Å². The number of carbonyl (C=O) groups is 1. The third kappa shape index (κ3) is 4.30. The van der Waals surface area contributed by atoms with Crippen LogP contribution in [-0.4, -0.2) is 38.3 Å². The second-order valence-corrected chi connectivity index (χ2v) is 6.23. The number of nitrogens with zero attached hydrogens (tertiary/aromatic N) is 1. The molecule has 0 spiro atoms. The number of hydrogen-bond donors (Lipinski definition) is 2. The van der Waals surface area contributed by atoms with E-state index in [0.717, 1.165) is 11.6 Å². The summed E-state index contributed by atoms with van der Waals surface area (Å²) in [6.45, 7) is 1.94. The average molecular weight is 339 g/mol. The summed E-state index contributed by atoms with van der Waals surface area (Å²) in [6, 6.07) is 8.09. The quantitative estimate of drug-likeness (QED) is 0.730. The molecule has 2 N–H and O–H groups in total. The van der Waals surface area contributed by atoms with Crippen LogP contribution in [0.2, 0.25) is 0 Å². The second-order valence-electron chi connectivity index (χ2n) is 4.51. The van der Waals surface area contributed by atoms with Crippen LogP contribution in [-0.2, 0) is 21.3 Å². The minimum atomic E-state index is -3.83. The maximum atomic E-state index is 12.2. The normalized spacial score (nSPS) is 11.2. The first-order valence-corrected chi connectivity index (χ1v) is 8.29. The Morgan fingerprint density at radius 1 is 1.30 bits per heavy atom. The van der Waals surface area contributed by atoms with E-state index in [1.807, 2.05) is 0 Å². The predicted octanol–water partition coefficient (Wildman–Crippen LogP) is 1.07. The van der Waals surface area contributed by atoms with Crippen molar-refractivity contribution in [2.24, 2.45) is 0 Å². The Morgan fingerprint density at radius 2 is 2.00 bits per heavy atom. The monoisotopic (exact) mass is 339 g/mol. The zero-order valence-electron chi connectivity index (χ0n) is 12.7. The van der Waals surface area contributed by atoms with Crippen LogP contribution >= 0.6 is 0 Å². The second kappa shape index (κ2) is 7.25. The third-order valence-corrected chi connectivity index (χ3v) is 4.23. The summed E-state index contributed by atoms with van der Waals surface area (Å²) in [5, 5.41) is 5.71. The van der Waals surface area contributed by atoms with Gasteiger partial charge in [-0.3, -0.25) is 5.10 Å². The Bertz CT molecular complexity index is 768. The first-order chi connectivity index (χ1) is 11.0. The van der Waals surface area contributed by atoms with Gasteiger partial charge in [0.05, 0.1) is 13.7 Å². The van der Waals surface area contributed by atoms with Gasteiger partial charge >= 0.3 is 5.97 Å². The molecule has 23 heavy (non-hydrogen) atoms. The standard InChI is InChI=1S/C14H17N3O5S/c1-3-22-14(18)12-8-13(17-16-12)23(19,20)15-9-10-4-6-11(21-2)7-5-10/h4-8,15H,3,9H2,1-2H3,(H,16,17). The van der Waals surface area contributed by atoms with Crippen molar-refractivity contribution in [1.82, 2.24) is 14.9 Å². The van der Waals surface area contributed by atoms with Gasteiger partial charge in [0.2, 0.25) is 0 Å². The molecule has 0 aliphatic rings. The van der Waals surface area contributed by atoms with Gasteiger partial charge in [0.15, 0.2) is 5.03 Å². The molecule has 1 heterocycles. The minimum absolute atomic E-state index is 0.0170. The zero-order chi connectivity index (χ0) is 16.9. The summed E-state index contributed by atoms with van der Waals surface area (Å²) in [6.07, 6.45) is 0. The molecule has 2 rings (SSSR count). The zero-order valence-corrected chi connectivity index (χ0v) is 13.5. The maximum absolute atomic E-state index is 12.2. The van der Waals surface area contributed by atoms with Gasteiger partial charge in [-0.15, -0.1) is 0 Å². The van der Waals surface area contributed by atoms with Crippen molar-refractivity contribution in [2.75, 3.05) is 13.7 Å². The molecule has 2 aromatic rings. The number of aromatic nitrogens is 2. The van der Waals surface area contributed by atoms with Gasteiger partial charge in [-0.25, -0.2) is 17.9 Å². The number of ether oxygens (including phenoxy) is 2. The van der Waals surface area contributed by atoms with Crippen LogP contribution in [0.4, 0.5) is 0 Å². The fourth-order valence-corrected chi connectivity index (χ4v) is 2.69. The van der Waals surface area contributed by atoms with E-state index < -0.39 is 16.0 Å². The molecule has 0 fully saturated rings. The smallest absolute Gasteiger partial charge is 0.356 e. The van der Waals surface area contributed by atoms with Crippen molar-refractivity contribution in [3.63, 3.8) is 0 Å². The third-order valence-electron chi connectivity index (χ3n) is 2.95. The molecule has 1 aromatic carbocycles. The summed E-state index contributed by atoms with van der Waals surface area (Å²) >= 11 is 0. The van der Waals surface area contributed by atoms with Crippen LogP contribution in [0, 0.1) is 0 Å². The SMILES string of the molecule is CCOC(=O)c1cc(S(=O)(=O)NCc2ccc(OC)cc2)n[nH]1. The molecule has 8 nitrogen and oxygen atoms in total. The summed E-state index contributed by atoms with van der Waals surface area (Å²) < 4.78 is 36.5. The van der Waals surface area contributed by atoms with Crippen molar-refractivity contribution in [1.29, 1.82) is 0 Å². The Kier molecular flexibility index (Phi) is 5.35. The molecule has 0 aliphatic heterocycles. The van der Waals surface area contributed by atoms with Crippen LogP contribution in [0.15, 0.2) is 35.4 Å². The van der Waals surface area contributed by atoms with E-state index in [1.165, 1.54) is 0 Å². The van der Waals surface area contributed by atoms with E-state index in [2.05, 4.69) is 14.9 Å². The van der Waals surface area contributed by atoms with E-state index in [0.29, 0.717) is 5.75 Å². The lowest BCUT2D eigenvalue weighted by atomic mass is 10.2. The first kappa shape index (κ1) is 17.0. The Hall–Kier alpha value is -2.39. The minimum Gasteiger partial charge on any atom is -0.497 e. The first-order valence-electron chi connectivity index (χ1n) is 6.81.